The summed E-state index contributed by atoms with van der Waals surface area (Å²) in [6, 6.07) is 1.89. The van der Waals surface area contributed by atoms with E-state index in [-0.39, 0.29) is 18.3 Å². The van der Waals surface area contributed by atoms with Crippen molar-refractivity contribution in [1.29, 1.82) is 0 Å². The van der Waals surface area contributed by atoms with E-state index in [1.807, 2.05) is 19.3 Å². The summed E-state index contributed by atoms with van der Waals surface area (Å²) in [7, 11) is 1.95. The molecule has 1 saturated heterocycles. The van der Waals surface area contributed by atoms with Gasteiger partial charge in [0.2, 0.25) is 0 Å². The lowest BCUT2D eigenvalue weighted by Gasteiger charge is -2.32. The molecule has 100 valence electrons. The van der Waals surface area contributed by atoms with Crippen molar-refractivity contribution >= 4 is 7.12 Å². The fourth-order valence-corrected chi connectivity index (χ4v) is 1.79. The van der Waals surface area contributed by atoms with Crippen molar-refractivity contribution in [2.45, 2.75) is 57.6 Å². The maximum Gasteiger partial charge on any atom is 0.461 e. The highest BCUT2D eigenvalue weighted by molar-refractivity contribution is 6.48. The molecule has 0 atom stereocenters. The molecule has 2 fully saturated rings. The minimum atomic E-state index is -0.139. The lowest BCUT2D eigenvalue weighted by molar-refractivity contribution is 0.00578. The maximum atomic E-state index is 5.87. The smallest absolute Gasteiger partial charge is 0.403 e. The number of hydrogen-bond donors (Lipinski definition) is 0. The lowest BCUT2D eigenvalue weighted by Crippen LogP contribution is -2.41. The second-order valence-electron chi connectivity index (χ2n) is 6.14. The quantitative estimate of drug-likeness (QED) is 0.719. The van der Waals surface area contributed by atoms with Crippen LogP contribution in [-0.2, 0) is 16.4 Å². The van der Waals surface area contributed by atoms with Gasteiger partial charge in [-0.3, -0.25) is 4.68 Å². The van der Waals surface area contributed by atoms with Crippen LogP contribution in [0.5, 0.6) is 0 Å². The molecule has 5 heteroatoms. The fraction of sp³-hybridized carbons (Fsp3) is 0.769. The van der Waals surface area contributed by atoms with Gasteiger partial charge in [0.1, 0.15) is 0 Å². The van der Waals surface area contributed by atoms with Crippen LogP contribution in [-0.4, -0.2) is 28.1 Å². The lowest BCUT2D eigenvalue weighted by atomic mass is 9.82. The fourth-order valence-electron chi connectivity index (χ4n) is 1.79. The first-order valence-electron chi connectivity index (χ1n) is 6.61. The number of rotatable bonds is 1. The average Bonchev–Trinajstić information content (AvgIpc) is 2.95. The van der Waals surface area contributed by atoms with Crippen molar-refractivity contribution in [1.82, 2.24) is 9.78 Å². The van der Waals surface area contributed by atoms with Gasteiger partial charge in [0.15, 0.2) is 0 Å². The Bertz CT molecular complexity index is 370. The van der Waals surface area contributed by atoms with E-state index >= 15 is 0 Å². The third-order valence-corrected chi connectivity index (χ3v) is 3.92. The Kier molecular flexibility index (Phi) is 3.56. The van der Waals surface area contributed by atoms with Gasteiger partial charge in [-0.2, -0.15) is 5.10 Å². The van der Waals surface area contributed by atoms with Crippen LogP contribution in [0, 0.1) is 0 Å². The summed E-state index contributed by atoms with van der Waals surface area (Å²) in [6.07, 6.45) is 6.19. The molecule has 2 aliphatic rings. The Morgan fingerprint density at radius 3 is 2.00 bits per heavy atom. The molecule has 0 bridgehead atoms. The zero-order valence-corrected chi connectivity index (χ0v) is 12.0. The van der Waals surface area contributed by atoms with Crippen molar-refractivity contribution in [2.75, 3.05) is 0 Å². The van der Waals surface area contributed by atoms with Gasteiger partial charge in [-0.15, -0.1) is 0 Å². The summed E-state index contributed by atoms with van der Waals surface area (Å²) in [4.78, 5) is 0. The van der Waals surface area contributed by atoms with Crippen LogP contribution in [0.4, 0.5) is 0 Å². The summed E-state index contributed by atoms with van der Waals surface area (Å²) < 4.78 is 13.5. The Balaban J connectivity index is 0.000000169. The first-order chi connectivity index (χ1) is 8.32. The number of hydrogen-bond acceptors (Lipinski definition) is 3. The van der Waals surface area contributed by atoms with Gasteiger partial charge >= 0.3 is 7.12 Å². The van der Waals surface area contributed by atoms with Crippen molar-refractivity contribution < 1.29 is 9.31 Å². The number of nitrogens with zero attached hydrogens (tertiary/aromatic N) is 2. The van der Waals surface area contributed by atoms with E-state index in [0.29, 0.717) is 5.82 Å². The largest absolute Gasteiger partial charge is 0.461 e. The molecule has 1 aliphatic carbocycles. The Morgan fingerprint density at radius 2 is 1.72 bits per heavy atom. The molecule has 1 saturated carbocycles. The molecule has 1 aliphatic heterocycles. The topological polar surface area (TPSA) is 36.3 Å². The highest BCUT2D eigenvalue weighted by Gasteiger charge is 2.55. The van der Waals surface area contributed by atoms with Gasteiger partial charge in [0.05, 0.1) is 11.2 Å². The first-order valence-corrected chi connectivity index (χ1v) is 6.61. The summed E-state index contributed by atoms with van der Waals surface area (Å²) in [6.45, 7) is 8.43. The molecule has 0 aromatic carbocycles. The van der Waals surface area contributed by atoms with Gasteiger partial charge in [0, 0.05) is 19.4 Å². The molecule has 2 heterocycles. The van der Waals surface area contributed by atoms with Crippen LogP contribution in [0.2, 0.25) is 5.82 Å². The van der Waals surface area contributed by atoms with Crippen LogP contribution in [0.15, 0.2) is 18.5 Å². The van der Waals surface area contributed by atoms with E-state index in [2.05, 4.69) is 32.8 Å². The second kappa shape index (κ2) is 4.70. The summed E-state index contributed by atoms with van der Waals surface area (Å²) in [5, 5.41) is 3.83. The predicted octanol–water partition coefficient (Wildman–Crippen LogP) is 2.66. The first kappa shape index (κ1) is 13.6. The van der Waals surface area contributed by atoms with Crippen LogP contribution < -0.4 is 0 Å². The summed E-state index contributed by atoms with van der Waals surface area (Å²) >= 11 is 0. The van der Waals surface area contributed by atoms with E-state index in [9.17, 15) is 0 Å². The van der Waals surface area contributed by atoms with E-state index in [1.165, 1.54) is 12.8 Å². The van der Waals surface area contributed by atoms with Crippen LogP contribution in [0.25, 0.3) is 0 Å². The van der Waals surface area contributed by atoms with Crippen LogP contribution >= 0.6 is 0 Å². The summed E-state index contributed by atoms with van der Waals surface area (Å²) in [5.41, 5.74) is -0.277. The van der Waals surface area contributed by atoms with E-state index < -0.39 is 0 Å². The number of aromatic nitrogens is 2. The number of aryl methyl sites for hydroxylation is 1. The third kappa shape index (κ3) is 2.95. The zero-order valence-electron chi connectivity index (χ0n) is 12.0. The van der Waals surface area contributed by atoms with Crippen LogP contribution in [0.3, 0.4) is 0 Å². The predicted molar refractivity (Wildman–Crippen MR) is 72.3 cm³/mol. The third-order valence-electron chi connectivity index (χ3n) is 3.92. The minimum absolute atomic E-state index is 0.0648. The molecule has 4 nitrogen and oxygen atoms in total. The Labute approximate surface area is 110 Å². The standard InChI is InChI=1S/C9H17BO2.C4H6N2/c1-8(2)9(3,4)12-10(11-8)7-5-6-7;1-6-4-2-3-5-6/h7H,5-6H2,1-4H3;2-4H,1H3. The maximum absolute atomic E-state index is 5.87. The normalized spacial score (nSPS) is 24.6. The average molecular weight is 250 g/mol. The molecule has 0 unspecified atom stereocenters. The van der Waals surface area contributed by atoms with Crippen molar-refractivity contribution in [3.63, 3.8) is 0 Å². The van der Waals surface area contributed by atoms with Crippen molar-refractivity contribution in [3.8, 4) is 0 Å². The minimum Gasteiger partial charge on any atom is -0.403 e. The Hall–Kier alpha value is -0.805. The van der Waals surface area contributed by atoms with Crippen molar-refractivity contribution in [2.24, 2.45) is 7.05 Å². The Morgan fingerprint density at radius 1 is 1.17 bits per heavy atom. The van der Waals surface area contributed by atoms with Gasteiger partial charge < -0.3 is 9.31 Å². The highest BCUT2D eigenvalue weighted by Crippen LogP contribution is 2.48. The molecule has 3 rings (SSSR count). The highest BCUT2D eigenvalue weighted by atomic mass is 16.7. The van der Waals surface area contributed by atoms with Gasteiger partial charge in [0.25, 0.3) is 0 Å². The molecule has 18 heavy (non-hydrogen) atoms. The van der Waals surface area contributed by atoms with Gasteiger partial charge in [-0.25, -0.2) is 0 Å². The van der Waals surface area contributed by atoms with E-state index in [0.717, 1.165) is 0 Å². The SMILES string of the molecule is CC1(C)OB(C2CC2)OC1(C)C.Cn1cccn1. The molecule has 0 amide bonds. The molecule has 0 spiro atoms. The molecule has 0 N–H and O–H groups in total. The van der Waals surface area contributed by atoms with Gasteiger partial charge in [-0.1, -0.05) is 12.8 Å². The van der Waals surface area contributed by atoms with Gasteiger partial charge in [-0.05, 0) is 39.6 Å². The monoisotopic (exact) mass is 250 g/mol. The zero-order chi connectivity index (χ0) is 13.4. The molecular formula is C13H23BN2O2. The van der Waals surface area contributed by atoms with Crippen molar-refractivity contribution in [3.05, 3.63) is 18.5 Å². The molecular weight excluding hydrogens is 227 g/mol. The summed E-state index contributed by atoms with van der Waals surface area (Å²) in [5.74, 6) is 0.672. The van der Waals surface area contributed by atoms with E-state index in [4.69, 9.17) is 9.31 Å². The molecule has 1 aromatic rings. The van der Waals surface area contributed by atoms with Crippen LogP contribution in [0.1, 0.15) is 40.5 Å². The second-order valence-corrected chi connectivity index (χ2v) is 6.14. The molecule has 1 aromatic heterocycles. The van der Waals surface area contributed by atoms with E-state index in [1.54, 1.807) is 10.9 Å². The molecule has 0 radical (unpaired) electrons.